The van der Waals surface area contributed by atoms with E-state index in [1.807, 2.05) is 6.92 Å². The van der Waals surface area contributed by atoms with Crippen molar-refractivity contribution in [3.05, 3.63) is 0 Å². The number of carbonyl (C=O) groups is 1. The van der Waals surface area contributed by atoms with Gasteiger partial charge in [-0.25, -0.2) is 0 Å². The minimum absolute atomic E-state index is 0. The summed E-state index contributed by atoms with van der Waals surface area (Å²) >= 11 is 0. The molecule has 120 valence electrons. The zero-order chi connectivity index (χ0) is 13.9. The SMILES string of the molecule is CCC(OC1CCCC1)C(=O)NCCNCCOC.Cl. The molecule has 1 saturated carbocycles. The lowest BCUT2D eigenvalue weighted by molar-refractivity contribution is -0.136. The molecule has 0 aromatic carbocycles. The van der Waals surface area contributed by atoms with Crippen LogP contribution in [-0.2, 0) is 14.3 Å². The number of nitrogens with one attached hydrogen (secondary N) is 2. The van der Waals surface area contributed by atoms with Crippen LogP contribution >= 0.6 is 12.4 Å². The molecule has 1 fully saturated rings. The fourth-order valence-corrected chi connectivity index (χ4v) is 2.29. The Balaban J connectivity index is 0.00000361. The summed E-state index contributed by atoms with van der Waals surface area (Å²) in [6, 6.07) is 0. The van der Waals surface area contributed by atoms with Crippen molar-refractivity contribution < 1.29 is 14.3 Å². The van der Waals surface area contributed by atoms with Crippen molar-refractivity contribution in [2.45, 2.75) is 51.2 Å². The summed E-state index contributed by atoms with van der Waals surface area (Å²) < 4.78 is 10.8. The predicted molar refractivity (Wildman–Crippen MR) is 82.4 cm³/mol. The van der Waals surface area contributed by atoms with E-state index >= 15 is 0 Å². The number of rotatable bonds is 10. The number of hydrogen-bond donors (Lipinski definition) is 2. The number of carbonyl (C=O) groups excluding carboxylic acids is 1. The van der Waals surface area contributed by atoms with Gasteiger partial charge in [0.2, 0.25) is 5.91 Å². The maximum absolute atomic E-state index is 12.0. The van der Waals surface area contributed by atoms with Crippen LogP contribution in [0.1, 0.15) is 39.0 Å². The quantitative estimate of drug-likeness (QED) is 0.601. The number of hydrogen-bond acceptors (Lipinski definition) is 4. The summed E-state index contributed by atoms with van der Waals surface area (Å²) in [5, 5.41) is 6.11. The highest BCUT2D eigenvalue weighted by molar-refractivity contribution is 5.85. The second-order valence-corrected chi connectivity index (χ2v) is 4.97. The lowest BCUT2D eigenvalue weighted by Crippen LogP contribution is -2.41. The van der Waals surface area contributed by atoms with Gasteiger partial charge in [-0.1, -0.05) is 19.8 Å². The number of ether oxygens (including phenoxy) is 2. The Labute approximate surface area is 128 Å². The Morgan fingerprint density at radius 2 is 1.95 bits per heavy atom. The first kappa shape index (κ1) is 19.6. The van der Waals surface area contributed by atoms with Crippen LogP contribution in [0.25, 0.3) is 0 Å². The molecule has 0 spiro atoms. The average Bonchev–Trinajstić information content (AvgIpc) is 2.92. The van der Waals surface area contributed by atoms with Gasteiger partial charge >= 0.3 is 0 Å². The fourth-order valence-electron chi connectivity index (χ4n) is 2.29. The van der Waals surface area contributed by atoms with Gasteiger partial charge in [0.15, 0.2) is 0 Å². The van der Waals surface area contributed by atoms with Crippen LogP contribution in [-0.4, -0.2) is 51.5 Å². The van der Waals surface area contributed by atoms with Crippen LogP contribution in [0, 0.1) is 0 Å². The summed E-state index contributed by atoms with van der Waals surface area (Å²) in [6.45, 7) is 4.89. The molecule has 0 aliphatic heterocycles. The van der Waals surface area contributed by atoms with Gasteiger partial charge in [-0.05, 0) is 19.3 Å². The monoisotopic (exact) mass is 308 g/mol. The molecule has 1 aliphatic carbocycles. The van der Waals surface area contributed by atoms with Gasteiger partial charge in [-0.3, -0.25) is 4.79 Å². The van der Waals surface area contributed by atoms with Crippen molar-refractivity contribution >= 4 is 18.3 Å². The molecular formula is C14H29ClN2O3. The second kappa shape index (κ2) is 12.4. The molecule has 1 unspecified atom stereocenters. The van der Waals surface area contributed by atoms with E-state index in [0.29, 0.717) is 13.2 Å². The topological polar surface area (TPSA) is 59.6 Å². The highest BCUT2D eigenvalue weighted by Gasteiger charge is 2.23. The van der Waals surface area contributed by atoms with E-state index in [4.69, 9.17) is 9.47 Å². The third-order valence-electron chi connectivity index (χ3n) is 3.41. The van der Waals surface area contributed by atoms with Crippen molar-refractivity contribution in [3.63, 3.8) is 0 Å². The molecule has 1 atom stereocenters. The molecule has 2 N–H and O–H groups in total. The van der Waals surface area contributed by atoms with Crippen LogP contribution in [0.3, 0.4) is 0 Å². The molecule has 0 radical (unpaired) electrons. The molecule has 0 aromatic rings. The average molecular weight is 309 g/mol. The predicted octanol–water partition coefficient (Wildman–Crippen LogP) is 1.50. The smallest absolute Gasteiger partial charge is 0.249 e. The molecule has 0 aromatic heterocycles. The molecule has 20 heavy (non-hydrogen) atoms. The lowest BCUT2D eigenvalue weighted by Gasteiger charge is -2.20. The first-order valence-electron chi connectivity index (χ1n) is 7.40. The summed E-state index contributed by atoms with van der Waals surface area (Å²) in [5.41, 5.74) is 0. The standard InChI is InChI=1S/C14H28N2O3.ClH/c1-3-13(19-12-6-4-5-7-12)14(17)16-9-8-15-10-11-18-2;/h12-13,15H,3-11H2,1-2H3,(H,16,17);1H. The minimum Gasteiger partial charge on any atom is -0.383 e. The van der Waals surface area contributed by atoms with Crippen molar-refractivity contribution in [1.29, 1.82) is 0 Å². The summed E-state index contributed by atoms with van der Waals surface area (Å²) in [4.78, 5) is 12.0. The molecule has 0 heterocycles. The highest BCUT2D eigenvalue weighted by atomic mass is 35.5. The normalized spacial score (nSPS) is 16.7. The van der Waals surface area contributed by atoms with E-state index in [1.165, 1.54) is 12.8 Å². The van der Waals surface area contributed by atoms with Crippen LogP contribution in [0.2, 0.25) is 0 Å². The Morgan fingerprint density at radius 1 is 1.25 bits per heavy atom. The van der Waals surface area contributed by atoms with E-state index in [9.17, 15) is 4.79 Å². The molecule has 6 heteroatoms. The van der Waals surface area contributed by atoms with E-state index in [-0.39, 0.29) is 30.5 Å². The zero-order valence-electron chi connectivity index (χ0n) is 12.7. The lowest BCUT2D eigenvalue weighted by atomic mass is 10.2. The molecule has 0 saturated heterocycles. The Hall–Kier alpha value is -0.360. The molecular weight excluding hydrogens is 280 g/mol. The van der Waals surface area contributed by atoms with Crippen molar-refractivity contribution in [2.75, 3.05) is 33.4 Å². The molecule has 1 rings (SSSR count). The Bertz CT molecular complexity index is 249. The van der Waals surface area contributed by atoms with Crippen molar-refractivity contribution in [1.82, 2.24) is 10.6 Å². The van der Waals surface area contributed by atoms with E-state index in [0.717, 1.165) is 32.4 Å². The van der Waals surface area contributed by atoms with Gasteiger partial charge in [-0.2, -0.15) is 0 Å². The van der Waals surface area contributed by atoms with E-state index in [2.05, 4.69) is 10.6 Å². The van der Waals surface area contributed by atoms with E-state index < -0.39 is 0 Å². The van der Waals surface area contributed by atoms with Crippen LogP contribution in [0.5, 0.6) is 0 Å². The van der Waals surface area contributed by atoms with Crippen LogP contribution in [0.15, 0.2) is 0 Å². The van der Waals surface area contributed by atoms with Gasteiger partial charge in [0.1, 0.15) is 6.10 Å². The van der Waals surface area contributed by atoms with Gasteiger partial charge in [-0.15, -0.1) is 12.4 Å². The maximum Gasteiger partial charge on any atom is 0.249 e. The zero-order valence-corrected chi connectivity index (χ0v) is 13.5. The van der Waals surface area contributed by atoms with Gasteiger partial charge in [0.25, 0.3) is 0 Å². The van der Waals surface area contributed by atoms with Crippen molar-refractivity contribution in [2.24, 2.45) is 0 Å². The largest absolute Gasteiger partial charge is 0.383 e. The molecule has 0 bridgehead atoms. The molecule has 5 nitrogen and oxygen atoms in total. The fraction of sp³-hybridized carbons (Fsp3) is 0.929. The van der Waals surface area contributed by atoms with Gasteiger partial charge in [0, 0.05) is 26.7 Å². The van der Waals surface area contributed by atoms with E-state index in [1.54, 1.807) is 7.11 Å². The highest BCUT2D eigenvalue weighted by Crippen LogP contribution is 2.22. The van der Waals surface area contributed by atoms with Crippen LogP contribution < -0.4 is 10.6 Å². The third-order valence-corrected chi connectivity index (χ3v) is 3.41. The maximum atomic E-state index is 12.0. The Kier molecular flexibility index (Phi) is 12.2. The summed E-state index contributed by atoms with van der Waals surface area (Å²) in [5.74, 6) is 0.0166. The summed E-state index contributed by atoms with van der Waals surface area (Å²) in [7, 11) is 1.68. The number of amides is 1. The number of methoxy groups -OCH3 is 1. The minimum atomic E-state index is -0.290. The summed E-state index contributed by atoms with van der Waals surface area (Å²) in [6.07, 6.45) is 5.39. The van der Waals surface area contributed by atoms with Crippen LogP contribution in [0.4, 0.5) is 0 Å². The molecule has 1 aliphatic rings. The van der Waals surface area contributed by atoms with Gasteiger partial charge in [0.05, 0.1) is 12.7 Å². The molecule has 1 amide bonds. The van der Waals surface area contributed by atoms with Crippen molar-refractivity contribution in [3.8, 4) is 0 Å². The first-order valence-corrected chi connectivity index (χ1v) is 7.40. The Morgan fingerprint density at radius 3 is 2.55 bits per heavy atom. The number of halogens is 1. The first-order chi connectivity index (χ1) is 9.27. The second-order valence-electron chi connectivity index (χ2n) is 4.97. The van der Waals surface area contributed by atoms with Gasteiger partial charge < -0.3 is 20.1 Å². The third kappa shape index (κ3) is 8.04.